The lowest BCUT2D eigenvalue weighted by molar-refractivity contribution is -0.140. The average Bonchev–Trinajstić information content (AvgIpc) is 2.46. The van der Waals surface area contributed by atoms with E-state index >= 15 is 0 Å². The number of esters is 1. The summed E-state index contributed by atoms with van der Waals surface area (Å²) in [6, 6.07) is 0. The van der Waals surface area contributed by atoms with E-state index in [4.69, 9.17) is 0 Å². The first-order chi connectivity index (χ1) is 9.85. The van der Waals surface area contributed by atoms with E-state index in [0.29, 0.717) is 6.54 Å². The van der Waals surface area contributed by atoms with Crippen LogP contribution in [0.2, 0.25) is 0 Å². The van der Waals surface area contributed by atoms with Crippen LogP contribution in [0, 0.1) is 5.92 Å². The van der Waals surface area contributed by atoms with Gasteiger partial charge in [0.25, 0.3) is 10.2 Å². The second kappa shape index (κ2) is 8.67. The van der Waals surface area contributed by atoms with E-state index in [-0.39, 0.29) is 13.0 Å². The minimum atomic E-state index is -3.53. The summed E-state index contributed by atoms with van der Waals surface area (Å²) in [6.45, 7) is 5.53. The Hall–Kier alpha value is -0.700. The lowest BCUT2D eigenvalue weighted by atomic mass is 9.99. The van der Waals surface area contributed by atoms with E-state index in [1.165, 1.54) is 27.0 Å². The van der Waals surface area contributed by atoms with Gasteiger partial charge in [0.2, 0.25) is 0 Å². The van der Waals surface area contributed by atoms with Crippen LogP contribution in [0.15, 0.2) is 0 Å². The van der Waals surface area contributed by atoms with E-state index in [1.54, 1.807) is 0 Å². The summed E-state index contributed by atoms with van der Waals surface area (Å²) in [5, 5.41) is 0. The van der Waals surface area contributed by atoms with Crippen molar-refractivity contribution in [1.29, 1.82) is 0 Å². The van der Waals surface area contributed by atoms with Crippen molar-refractivity contribution in [3.8, 4) is 0 Å². The Labute approximate surface area is 127 Å². The molecule has 124 valence electrons. The normalized spacial score (nSPS) is 18.1. The lowest BCUT2D eigenvalue weighted by Gasteiger charge is -2.30. The van der Waals surface area contributed by atoms with E-state index < -0.39 is 16.2 Å². The molecule has 21 heavy (non-hydrogen) atoms. The maximum absolute atomic E-state index is 12.0. The van der Waals surface area contributed by atoms with Gasteiger partial charge in [-0.1, -0.05) is 6.92 Å². The molecule has 0 aliphatic carbocycles. The number of carbonyl (C=O) groups is 1. The SMILES string of the molecule is COC(=O)CCN(C)S(=O)(=O)NCCN1CCC(C)CC1. The smallest absolute Gasteiger partial charge is 0.306 e. The summed E-state index contributed by atoms with van der Waals surface area (Å²) < 4.78 is 32.1. The number of methoxy groups -OCH3 is 1. The first-order valence-corrected chi connectivity index (χ1v) is 8.79. The van der Waals surface area contributed by atoms with Gasteiger partial charge in [0.1, 0.15) is 0 Å². The lowest BCUT2D eigenvalue weighted by Crippen LogP contribution is -2.44. The molecule has 0 bridgehead atoms. The van der Waals surface area contributed by atoms with Crippen molar-refractivity contribution in [2.24, 2.45) is 5.92 Å². The Morgan fingerprint density at radius 1 is 1.38 bits per heavy atom. The molecule has 0 aromatic heterocycles. The summed E-state index contributed by atoms with van der Waals surface area (Å²) in [5.74, 6) is 0.349. The van der Waals surface area contributed by atoms with Crippen molar-refractivity contribution in [2.75, 3.05) is 46.9 Å². The summed E-state index contributed by atoms with van der Waals surface area (Å²) in [4.78, 5) is 13.3. The van der Waals surface area contributed by atoms with Crippen molar-refractivity contribution in [3.05, 3.63) is 0 Å². The summed E-state index contributed by atoms with van der Waals surface area (Å²) in [5.41, 5.74) is 0. The van der Waals surface area contributed by atoms with Gasteiger partial charge in [0.05, 0.1) is 13.5 Å². The van der Waals surface area contributed by atoms with E-state index in [9.17, 15) is 13.2 Å². The number of piperidine rings is 1. The molecule has 1 rings (SSSR count). The predicted octanol–water partition coefficient (Wildman–Crippen LogP) is 0.0476. The Morgan fingerprint density at radius 3 is 2.57 bits per heavy atom. The summed E-state index contributed by atoms with van der Waals surface area (Å²) >= 11 is 0. The van der Waals surface area contributed by atoms with Crippen molar-refractivity contribution < 1.29 is 17.9 Å². The molecular weight excluding hydrogens is 294 g/mol. The number of nitrogens with zero attached hydrogens (tertiary/aromatic N) is 2. The van der Waals surface area contributed by atoms with Gasteiger partial charge in [-0.15, -0.1) is 0 Å². The highest BCUT2D eigenvalue weighted by Crippen LogP contribution is 2.15. The van der Waals surface area contributed by atoms with Crippen LogP contribution >= 0.6 is 0 Å². The van der Waals surface area contributed by atoms with E-state index in [1.807, 2.05) is 0 Å². The standard InChI is InChI=1S/C13H27N3O4S/c1-12-4-9-16(10-5-12)11-7-14-21(18,19)15(2)8-6-13(17)20-3/h12,14H,4-11H2,1-3H3. The molecule has 7 nitrogen and oxygen atoms in total. The van der Waals surface area contributed by atoms with Gasteiger partial charge in [-0.25, -0.2) is 4.72 Å². The van der Waals surface area contributed by atoms with Crippen LogP contribution in [0.3, 0.4) is 0 Å². The molecule has 0 atom stereocenters. The molecule has 1 saturated heterocycles. The van der Waals surface area contributed by atoms with Crippen molar-refractivity contribution in [1.82, 2.24) is 13.9 Å². The van der Waals surface area contributed by atoms with E-state index in [2.05, 4.69) is 21.3 Å². The zero-order valence-corrected chi connectivity index (χ0v) is 14.0. The predicted molar refractivity (Wildman–Crippen MR) is 81.0 cm³/mol. The number of hydrogen-bond acceptors (Lipinski definition) is 5. The monoisotopic (exact) mass is 321 g/mol. The zero-order valence-electron chi connectivity index (χ0n) is 13.2. The third kappa shape index (κ3) is 6.73. The number of hydrogen-bond donors (Lipinski definition) is 1. The van der Waals surface area contributed by atoms with Gasteiger partial charge >= 0.3 is 5.97 Å². The Bertz CT molecular complexity index is 419. The Morgan fingerprint density at radius 2 is 2.00 bits per heavy atom. The quantitative estimate of drug-likeness (QED) is 0.639. The molecule has 1 aliphatic rings. The van der Waals surface area contributed by atoms with Crippen LogP contribution in [0.1, 0.15) is 26.2 Å². The van der Waals surface area contributed by atoms with Crippen molar-refractivity contribution >= 4 is 16.2 Å². The van der Waals surface area contributed by atoms with Gasteiger partial charge < -0.3 is 9.64 Å². The maximum Gasteiger partial charge on any atom is 0.306 e. The van der Waals surface area contributed by atoms with Crippen molar-refractivity contribution in [3.63, 3.8) is 0 Å². The third-order valence-corrected chi connectivity index (χ3v) is 5.43. The first kappa shape index (κ1) is 18.3. The maximum atomic E-state index is 12.0. The highest BCUT2D eigenvalue weighted by atomic mass is 32.2. The molecule has 0 unspecified atom stereocenters. The van der Waals surface area contributed by atoms with Gasteiger partial charge in [-0.2, -0.15) is 12.7 Å². The van der Waals surface area contributed by atoms with Crippen LogP contribution in [0.5, 0.6) is 0 Å². The van der Waals surface area contributed by atoms with Crippen molar-refractivity contribution in [2.45, 2.75) is 26.2 Å². The third-order valence-electron chi connectivity index (χ3n) is 3.86. The van der Waals surface area contributed by atoms with Gasteiger partial charge in [-0.3, -0.25) is 4.79 Å². The number of likely N-dealkylation sites (tertiary alicyclic amines) is 1. The van der Waals surface area contributed by atoms with Crippen LogP contribution in [0.25, 0.3) is 0 Å². The number of ether oxygens (including phenoxy) is 1. The topological polar surface area (TPSA) is 78.9 Å². The van der Waals surface area contributed by atoms with Crippen LogP contribution in [-0.2, 0) is 19.7 Å². The first-order valence-electron chi connectivity index (χ1n) is 7.35. The van der Waals surface area contributed by atoms with Crippen LogP contribution < -0.4 is 4.72 Å². The number of nitrogens with one attached hydrogen (secondary N) is 1. The fourth-order valence-corrected chi connectivity index (χ4v) is 3.10. The fourth-order valence-electron chi connectivity index (χ4n) is 2.20. The molecule has 0 amide bonds. The van der Waals surface area contributed by atoms with Gasteiger partial charge in [-0.05, 0) is 31.8 Å². The molecule has 0 saturated carbocycles. The number of carbonyl (C=O) groups excluding carboxylic acids is 1. The second-order valence-corrected chi connectivity index (χ2v) is 7.43. The molecule has 0 radical (unpaired) electrons. The largest absolute Gasteiger partial charge is 0.469 e. The molecule has 1 N–H and O–H groups in total. The molecule has 8 heteroatoms. The summed E-state index contributed by atoms with van der Waals surface area (Å²) in [7, 11) is -0.788. The average molecular weight is 321 g/mol. The Balaban J connectivity index is 2.27. The van der Waals surface area contributed by atoms with Gasteiger partial charge in [0.15, 0.2) is 0 Å². The Kier molecular flexibility index (Phi) is 7.58. The second-order valence-electron chi connectivity index (χ2n) is 5.57. The minimum absolute atomic E-state index is 0.0535. The van der Waals surface area contributed by atoms with Crippen LogP contribution in [-0.4, -0.2) is 70.5 Å². The van der Waals surface area contributed by atoms with E-state index in [0.717, 1.165) is 29.9 Å². The zero-order chi connectivity index (χ0) is 15.9. The van der Waals surface area contributed by atoms with Gasteiger partial charge in [0, 0.05) is 26.7 Å². The van der Waals surface area contributed by atoms with Crippen LogP contribution in [0.4, 0.5) is 0 Å². The summed E-state index contributed by atoms with van der Waals surface area (Å²) in [6.07, 6.45) is 2.40. The molecule has 1 fully saturated rings. The highest BCUT2D eigenvalue weighted by molar-refractivity contribution is 7.87. The molecule has 0 spiro atoms. The fraction of sp³-hybridized carbons (Fsp3) is 0.923. The minimum Gasteiger partial charge on any atom is -0.469 e. The molecule has 0 aromatic carbocycles. The highest BCUT2D eigenvalue weighted by Gasteiger charge is 2.19. The molecule has 1 aliphatic heterocycles. The molecule has 0 aromatic rings. The number of rotatable bonds is 8. The molecule has 1 heterocycles. The molecular formula is C13H27N3O4S.